The lowest BCUT2D eigenvalue weighted by molar-refractivity contribution is -0.152. The first kappa shape index (κ1) is 26.6. The number of sulfonamides is 1. The molecule has 196 valence electrons. The van der Waals surface area contributed by atoms with E-state index in [0.717, 1.165) is 18.4 Å². The molecule has 0 radical (unpaired) electrons. The van der Waals surface area contributed by atoms with Gasteiger partial charge in [0.2, 0.25) is 16.3 Å². The van der Waals surface area contributed by atoms with Crippen molar-refractivity contribution >= 4 is 27.3 Å². The quantitative estimate of drug-likeness (QED) is 0.471. The number of carbonyl (C=O) groups is 1. The van der Waals surface area contributed by atoms with E-state index in [0.29, 0.717) is 25.3 Å². The Morgan fingerprint density at radius 2 is 1.94 bits per heavy atom. The molecule has 9 nitrogen and oxygen atoms in total. The van der Waals surface area contributed by atoms with Gasteiger partial charge in [0.25, 0.3) is 5.91 Å². The number of amides is 1. The Bertz CT molecular complexity index is 1130. The average Bonchev–Trinajstić information content (AvgIpc) is 3.63. The van der Waals surface area contributed by atoms with Gasteiger partial charge in [0.1, 0.15) is 5.75 Å². The first-order valence-corrected chi connectivity index (χ1v) is 14.4. The van der Waals surface area contributed by atoms with Crippen molar-refractivity contribution in [1.29, 1.82) is 0 Å². The molecular formula is C25H32N2O7S2. The Balaban J connectivity index is 1.42. The van der Waals surface area contributed by atoms with E-state index in [1.54, 1.807) is 28.4 Å². The van der Waals surface area contributed by atoms with Gasteiger partial charge in [0.15, 0.2) is 5.76 Å². The number of likely N-dealkylation sites (tertiary alicyclic amines) is 1. The molecule has 36 heavy (non-hydrogen) atoms. The minimum absolute atomic E-state index is 0.0248. The van der Waals surface area contributed by atoms with Gasteiger partial charge >= 0.3 is 0 Å². The van der Waals surface area contributed by atoms with Crippen molar-refractivity contribution < 1.29 is 32.5 Å². The first-order chi connectivity index (χ1) is 17.4. The van der Waals surface area contributed by atoms with Gasteiger partial charge in [-0.15, -0.1) is 0 Å². The summed E-state index contributed by atoms with van der Waals surface area (Å²) in [5.74, 6) is 0.661. The van der Waals surface area contributed by atoms with Crippen LogP contribution in [0.3, 0.4) is 0 Å². The molecule has 4 rings (SSSR count). The fourth-order valence-corrected chi connectivity index (χ4v) is 6.49. The zero-order chi connectivity index (χ0) is 25.5. The van der Waals surface area contributed by atoms with E-state index in [2.05, 4.69) is 0 Å². The fraction of sp³-hybridized carbons (Fsp3) is 0.480. The summed E-state index contributed by atoms with van der Waals surface area (Å²) in [4.78, 5) is 14.9. The van der Waals surface area contributed by atoms with Gasteiger partial charge in [-0.3, -0.25) is 4.79 Å². The minimum Gasteiger partial charge on any atom is -0.497 e. The molecular weight excluding hydrogens is 504 g/mol. The second kappa shape index (κ2) is 12.2. The Morgan fingerprint density at radius 3 is 2.58 bits per heavy atom. The summed E-state index contributed by atoms with van der Waals surface area (Å²) in [5, 5.41) is 13.5. The Kier molecular flexibility index (Phi) is 9.02. The number of thiophene rings is 1. The van der Waals surface area contributed by atoms with Crippen LogP contribution in [0.2, 0.25) is 0 Å². The van der Waals surface area contributed by atoms with Crippen LogP contribution in [0.4, 0.5) is 0 Å². The SMILES string of the molecule is COc1ccc(S(=O)(=O)N(CCO)CCO[C@H]2C[C@@H](c3ccsc3)C=C(C(=O)N3CCCC3)O2)cc1. The smallest absolute Gasteiger partial charge is 0.288 e. The van der Waals surface area contributed by atoms with Gasteiger partial charge in [-0.25, -0.2) is 8.42 Å². The lowest BCUT2D eigenvalue weighted by Crippen LogP contribution is -2.38. The molecule has 1 amide bonds. The van der Waals surface area contributed by atoms with Crippen LogP contribution < -0.4 is 4.74 Å². The van der Waals surface area contributed by atoms with Crippen LogP contribution in [0.15, 0.2) is 57.8 Å². The van der Waals surface area contributed by atoms with Crippen molar-refractivity contribution in [3.63, 3.8) is 0 Å². The second-order valence-electron chi connectivity index (χ2n) is 8.65. The van der Waals surface area contributed by atoms with Gasteiger partial charge in [0, 0.05) is 38.5 Å². The Labute approximate surface area is 215 Å². The fourth-order valence-electron chi connectivity index (χ4n) is 4.35. The summed E-state index contributed by atoms with van der Waals surface area (Å²) in [7, 11) is -2.34. The Hall–Kier alpha value is -2.44. The lowest BCUT2D eigenvalue weighted by Gasteiger charge is -2.31. The molecule has 2 aliphatic heterocycles. The number of rotatable bonds is 11. The summed E-state index contributed by atoms with van der Waals surface area (Å²) in [6.07, 6.45) is 3.65. The zero-order valence-electron chi connectivity index (χ0n) is 20.2. The van der Waals surface area contributed by atoms with Gasteiger partial charge in [-0.05, 0) is 65.6 Å². The molecule has 0 saturated carbocycles. The molecule has 0 spiro atoms. The number of methoxy groups -OCH3 is 1. The second-order valence-corrected chi connectivity index (χ2v) is 11.4. The number of benzene rings is 1. The number of ether oxygens (including phenoxy) is 3. The maximum Gasteiger partial charge on any atom is 0.288 e. The van der Waals surface area contributed by atoms with Gasteiger partial charge in [-0.1, -0.05) is 0 Å². The number of hydrogen-bond donors (Lipinski definition) is 1. The van der Waals surface area contributed by atoms with Crippen LogP contribution in [-0.2, 0) is 24.3 Å². The van der Waals surface area contributed by atoms with Crippen molar-refractivity contribution in [3.8, 4) is 5.75 Å². The van der Waals surface area contributed by atoms with E-state index in [-0.39, 0.29) is 48.8 Å². The monoisotopic (exact) mass is 536 g/mol. The number of carbonyl (C=O) groups excluding carboxylic acids is 1. The third-order valence-corrected chi connectivity index (χ3v) is 8.94. The average molecular weight is 537 g/mol. The van der Waals surface area contributed by atoms with E-state index in [1.165, 1.54) is 23.5 Å². The van der Waals surface area contributed by atoms with E-state index in [1.807, 2.05) is 22.9 Å². The molecule has 0 bridgehead atoms. The number of aliphatic hydroxyl groups excluding tert-OH is 1. The van der Waals surface area contributed by atoms with Gasteiger partial charge in [0.05, 0.1) is 25.2 Å². The van der Waals surface area contributed by atoms with Crippen LogP contribution in [0.25, 0.3) is 0 Å². The standard InChI is InChI=1S/C25H32N2O7S2/c1-32-21-4-6-22(7-5-21)36(30,31)27(11-13-28)12-14-33-24-17-20(19-8-15-35-18-19)16-23(34-24)25(29)26-9-2-3-10-26/h4-8,15-16,18,20,24,28H,2-3,9-14,17H2,1H3/t20-,24+/m0/s1. The van der Waals surface area contributed by atoms with Crippen LogP contribution in [0, 0.1) is 0 Å². The maximum absolute atomic E-state index is 13.1. The van der Waals surface area contributed by atoms with Crippen molar-refractivity contribution in [3.05, 3.63) is 58.5 Å². The summed E-state index contributed by atoms with van der Waals surface area (Å²) < 4.78 is 44.4. The van der Waals surface area contributed by atoms with Crippen LogP contribution in [0.1, 0.15) is 30.7 Å². The van der Waals surface area contributed by atoms with E-state index in [4.69, 9.17) is 14.2 Å². The van der Waals surface area contributed by atoms with Crippen LogP contribution in [-0.4, -0.2) is 81.4 Å². The third-order valence-electron chi connectivity index (χ3n) is 6.32. The normalized spacial score (nSPS) is 20.3. The van der Waals surface area contributed by atoms with Crippen LogP contribution >= 0.6 is 11.3 Å². The highest BCUT2D eigenvalue weighted by atomic mass is 32.2. The highest BCUT2D eigenvalue weighted by molar-refractivity contribution is 7.89. The molecule has 1 fully saturated rings. The number of aliphatic hydroxyl groups is 1. The van der Waals surface area contributed by atoms with Gasteiger partial charge in [-0.2, -0.15) is 15.6 Å². The van der Waals surface area contributed by atoms with Crippen molar-refractivity contribution in [2.24, 2.45) is 0 Å². The number of allylic oxidation sites excluding steroid dienone is 1. The number of hydrogen-bond acceptors (Lipinski definition) is 8. The number of nitrogens with zero attached hydrogens (tertiary/aromatic N) is 2. The molecule has 2 aromatic rings. The van der Waals surface area contributed by atoms with E-state index in [9.17, 15) is 18.3 Å². The highest BCUT2D eigenvalue weighted by Gasteiger charge is 2.32. The summed E-state index contributed by atoms with van der Waals surface area (Å²) >= 11 is 1.59. The molecule has 11 heteroatoms. The topological polar surface area (TPSA) is 106 Å². The Morgan fingerprint density at radius 1 is 1.19 bits per heavy atom. The summed E-state index contributed by atoms with van der Waals surface area (Å²) in [6.45, 7) is 1.10. The predicted octanol–water partition coefficient (Wildman–Crippen LogP) is 2.79. The molecule has 1 saturated heterocycles. The zero-order valence-corrected chi connectivity index (χ0v) is 21.9. The molecule has 0 aliphatic carbocycles. The minimum atomic E-state index is -3.85. The molecule has 2 aliphatic rings. The maximum atomic E-state index is 13.1. The summed E-state index contributed by atoms with van der Waals surface area (Å²) in [6, 6.07) is 8.11. The van der Waals surface area contributed by atoms with Crippen molar-refractivity contribution in [2.75, 3.05) is 46.5 Å². The van der Waals surface area contributed by atoms with Crippen LogP contribution in [0.5, 0.6) is 5.75 Å². The lowest BCUT2D eigenvalue weighted by atomic mass is 9.95. The van der Waals surface area contributed by atoms with E-state index >= 15 is 0 Å². The third kappa shape index (κ3) is 6.27. The molecule has 1 N–H and O–H groups in total. The predicted molar refractivity (Wildman–Crippen MR) is 135 cm³/mol. The van der Waals surface area contributed by atoms with Crippen molar-refractivity contribution in [2.45, 2.75) is 36.4 Å². The molecule has 2 atom stereocenters. The summed E-state index contributed by atoms with van der Waals surface area (Å²) in [5.41, 5.74) is 1.09. The van der Waals surface area contributed by atoms with Crippen molar-refractivity contribution in [1.82, 2.24) is 9.21 Å². The van der Waals surface area contributed by atoms with E-state index < -0.39 is 16.3 Å². The molecule has 0 unspecified atom stereocenters. The molecule has 1 aromatic heterocycles. The first-order valence-electron chi connectivity index (χ1n) is 12.0. The highest BCUT2D eigenvalue weighted by Crippen LogP contribution is 2.33. The largest absolute Gasteiger partial charge is 0.497 e. The molecule has 1 aromatic carbocycles. The molecule has 3 heterocycles. The van der Waals surface area contributed by atoms with Gasteiger partial charge < -0.3 is 24.2 Å².